The second kappa shape index (κ2) is 6.31. The molecule has 118 valence electrons. The maximum atomic E-state index is 12.5. The Morgan fingerprint density at radius 2 is 2.10 bits per heavy atom. The number of likely N-dealkylation sites (tertiary alicyclic amines) is 1. The summed E-state index contributed by atoms with van der Waals surface area (Å²) in [4.78, 5) is 19.0. The van der Waals surface area contributed by atoms with E-state index in [0.717, 1.165) is 6.20 Å². The number of H-pyrrole nitrogens is 1. The lowest BCUT2D eigenvalue weighted by Crippen LogP contribution is -2.38. The fourth-order valence-corrected chi connectivity index (χ4v) is 2.24. The SMILES string of the molecule is O=C(OCCF)N1CCC(c2ncc(C(F)(F)F)[nH]2)CC1. The number of nitrogens with zero attached hydrogens (tertiary/aromatic N) is 2. The van der Waals surface area contributed by atoms with E-state index < -0.39 is 24.6 Å². The number of aromatic nitrogens is 2. The van der Waals surface area contributed by atoms with Crippen LogP contribution in [-0.2, 0) is 10.9 Å². The lowest BCUT2D eigenvalue weighted by molar-refractivity contribution is -0.141. The van der Waals surface area contributed by atoms with Crippen molar-refractivity contribution in [3.8, 4) is 0 Å². The highest BCUT2D eigenvalue weighted by atomic mass is 19.4. The van der Waals surface area contributed by atoms with Gasteiger partial charge in [0.1, 0.15) is 24.8 Å². The average Bonchev–Trinajstić information content (AvgIpc) is 2.95. The van der Waals surface area contributed by atoms with E-state index in [-0.39, 0.29) is 18.3 Å². The predicted octanol–water partition coefficient (Wildman–Crippen LogP) is 2.71. The molecule has 1 aromatic rings. The Kier molecular flexibility index (Phi) is 4.69. The van der Waals surface area contributed by atoms with Crippen LogP contribution in [0, 0.1) is 0 Å². The van der Waals surface area contributed by atoms with E-state index >= 15 is 0 Å². The molecule has 1 N–H and O–H groups in total. The molecule has 0 unspecified atom stereocenters. The van der Waals surface area contributed by atoms with E-state index in [1.165, 1.54) is 4.90 Å². The topological polar surface area (TPSA) is 58.2 Å². The molecule has 0 bridgehead atoms. The molecule has 1 saturated heterocycles. The van der Waals surface area contributed by atoms with Crippen molar-refractivity contribution in [3.63, 3.8) is 0 Å². The third-order valence-corrected chi connectivity index (χ3v) is 3.34. The monoisotopic (exact) mass is 309 g/mol. The Balaban J connectivity index is 1.89. The highest BCUT2D eigenvalue weighted by molar-refractivity contribution is 5.67. The van der Waals surface area contributed by atoms with Crippen LogP contribution in [0.25, 0.3) is 0 Å². The van der Waals surface area contributed by atoms with Crippen LogP contribution in [0.2, 0.25) is 0 Å². The van der Waals surface area contributed by atoms with Crippen LogP contribution in [0.1, 0.15) is 30.3 Å². The van der Waals surface area contributed by atoms with E-state index in [1.807, 2.05) is 0 Å². The minimum Gasteiger partial charge on any atom is -0.447 e. The van der Waals surface area contributed by atoms with Crippen LogP contribution in [0.15, 0.2) is 6.20 Å². The predicted molar refractivity (Wildman–Crippen MR) is 64.5 cm³/mol. The van der Waals surface area contributed by atoms with Gasteiger partial charge in [-0.3, -0.25) is 0 Å². The summed E-state index contributed by atoms with van der Waals surface area (Å²) >= 11 is 0. The first kappa shape index (κ1) is 15.6. The maximum Gasteiger partial charge on any atom is 0.432 e. The highest BCUT2D eigenvalue weighted by Gasteiger charge is 2.34. The lowest BCUT2D eigenvalue weighted by atomic mass is 9.96. The van der Waals surface area contributed by atoms with Crippen molar-refractivity contribution in [1.29, 1.82) is 0 Å². The van der Waals surface area contributed by atoms with Gasteiger partial charge in [-0.25, -0.2) is 14.2 Å². The molecule has 0 aromatic carbocycles. The summed E-state index contributed by atoms with van der Waals surface area (Å²) in [7, 11) is 0. The zero-order valence-electron chi connectivity index (χ0n) is 11.1. The molecule has 0 radical (unpaired) electrons. The summed E-state index contributed by atoms with van der Waals surface area (Å²) in [6, 6.07) is 0. The first-order valence-corrected chi connectivity index (χ1v) is 6.51. The summed E-state index contributed by atoms with van der Waals surface area (Å²) in [5, 5.41) is 0. The van der Waals surface area contributed by atoms with Gasteiger partial charge in [0.2, 0.25) is 0 Å². The molecule has 0 spiro atoms. The third-order valence-electron chi connectivity index (χ3n) is 3.34. The van der Waals surface area contributed by atoms with Crippen LogP contribution in [-0.4, -0.2) is 47.3 Å². The van der Waals surface area contributed by atoms with Crippen molar-refractivity contribution in [3.05, 3.63) is 17.7 Å². The van der Waals surface area contributed by atoms with E-state index in [2.05, 4.69) is 14.7 Å². The molecule has 9 heteroatoms. The van der Waals surface area contributed by atoms with E-state index in [0.29, 0.717) is 25.9 Å². The van der Waals surface area contributed by atoms with Crippen molar-refractivity contribution in [2.24, 2.45) is 0 Å². The largest absolute Gasteiger partial charge is 0.447 e. The number of aromatic amines is 1. The molecule has 2 rings (SSSR count). The molecule has 1 aromatic heterocycles. The summed E-state index contributed by atoms with van der Waals surface area (Å²) in [5.74, 6) is 0.116. The van der Waals surface area contributed by atoms with Crippen LogP contribution in [0.3, 0.4) is 0 Å². The van der Waals surface area contributed by atoms with Gasteiger partial charge in [-0.1, -0.05) is 0 Å². The van der Waals surface area contributed by atoms with Gasteiger partial charge in [0.05, 0.1) is 6.20 Å². The summed E-state index contributed by atoms with van der Waals surface area (Å²) in [6.07, 6.45) is -3.30. The number of hydrogen-bond donors (Lipinski definition) is 1. The molecule has 0 aliphatic carbocycles. The van der Waals surface area contributed by atoms with Gasteiger partial charge < -0.3 is 14.6 Å². The summed E-state index contributed by atoms with van der Waals surface area (Å²) < 4.78 is 54.0. The number of carbonyl (C=O) groups excluding carboxylic acids is 1. The Morgan fingerprint density at radius 1 is 1.43 bits per heavy atom. The maximum absolute atomic E-state index is 12.5. The number of nitrogens with one attached hydrogen (secondary N) is 1. The molecule has 2 heterocycles. The number of imidazole rings is 1. The van der Waals surface area contributed by atoms with E-state index in [9.17, 15) is 22.4 Å². The molecule has 1 aliphatic heterocycles. The quantitative estimate of drug-likeness (QED) is 0.873. The Hall–Kier alpha value is -1.80. The number of carbonyl (C=O) groups is 1. The first-order chi connectivity index (χ1) is 9.91. The molecular weight excluding hydrogens is 294 g/mol. The summed E-state index contributed by atoms with van der Waals surface area (Å²) in [6.45, 7) is -0.337. The number of hydrogen-bond acceptors (Lipinski definition) is 3. The molecule has 0 atom stereocenters. The zero-order chi connectivity index (χ0) is 15.5. The highest BCUT2D eigenvalue weighted by Crippen LogP contribution is 2.31. The van der Waals surface area contributed by atoms with Crippen molar-refractivity contribution in [1.82, 2.24) is 14.9 Å². The minimum atomic E-state index is -4.44. The van der Waals surface area contributed by atoms with Crippen molar-refractivity contribution < 1.29 is 27.1 Å². The summed E-state index contributed by atoms with van der Waals surface area (Å²) in [5.41, 5.74) is -0.873. The third kappa shape index (κ3) is 3.85. The van der Waals surface area contributed by atoms with E-state index in [1.54, 1.807) is 0 Å². The van der Waals surface area contributed by atoms with Gasteiger partial charge in [0.15, 0.2) is 0 Å². The number of piperidine rings is 1. The number of rotatable bonds is 3. The van der Waals surface area contributed by atoms with Gasteiger partial charge in [0.25, 0.3) is 0 Å². The number of halogens is 4. The molecule has 1 aliphatic rings. The van der Waals surface area contributed by atoms with Crippen molar-refractivity contribution in [2.45, 2.75) is 24.9 Å². The second-order valence-electron chi connectivity index (χ2n) is 4.74. The molecule has 1 fully saturated rings. The Morgan fingerprint density at radius 3 is 2.62 bits per heavy atom. The van der Waals surface area contributed by atoms with E-state index in [4.69, 9.17) is 0 Å². The smallest absolute Gasteiger partial charge is 0.432 e. The minimum absolute atomic E-state index is 0.161. The fourth-order valence-electron chi connectivity index (χ4n) is 2.24. The van der Waals surface area contributed by atoms with Gasteiger partial charge in [0, 0.05) is 19.0 Å². The zero-order valence-corrected chi connectivity index (χ0v) is 11.1. The van der Waals surface area contributed by atoms with Crippen LogP contribution >= 0.6 is 0 Å². The standard InChI is InChI=1S/C12H15F4N3O2/c13-3-6-21-11(20)19-4-1-8(2-5-19)10-17-7-9(18-10)12(14,15)16/h7-8H,1-6H2,(H,17,18). The van der Waals surface area contributed by atoms with Gasteiger partial charge in [-0.2, -0.15) is 13.2 Å². The molecule has 0 saturated carbocycles. The van der Waals surface area contributed by atoms with Crippen LogP contribution in [0.5, 0.6) is 0 Å². The normalized spacial score (nSPS) is 17.0. The average molecular weight is 309 g/mol. The molecule has 21 heavy (non-hydrogen) atoms. The molecular formula is C12H15F4N3O2. The number of amides is 1. The number of ether oxygens (including phenoxy) is 1. The molecule has 1 amide bonds. The van der Waals surface area contributed by atoms with Gasteiger partial charge >= 0.3 is 12.3 Å². The van der Waals surface area contributed by atoms with Crippen molar-refractivity contribution in [2.75, 3.05) is 26.4 Å². The number of alkyl halides is 4. The van der Waals surface area contributed by atoms with Crippen LogP contribution < -0.4 is 0 Å². The van der Waals surface area contributed by atoms with Gasteiger partial charge in [-0.15, -0.1) is 0 Å². The lowest BCUT2D eigenvalue weighted by Gasteiger charge is -2.30. The van der Waals surface area contributed by atoms with Gasteiger partial charge in [-0.05, 0) is 12.8 Å². The first-order valence-electron chi connectivity index (χ1n) is 6.51. The molecule has 5 nitrogen and oxygen atoms in total. The Labute approximate surface area is 118 Å². The fraction of sp³-hybridized carbons (Fsp3) is 0.667. The second-order valence-corrected chi connectivity index (χ2v) is 4.74. The van der Waals surface area contributed by atoms with Crippen LogP contribution in [0.4, 0.5) is 22.4 Å². The Bertz CT molecular complexity index is 481. The van der Waals surface area contributed by atoms with Crippen molar-refractivity contribution >= 4 is 6.09 Å².